The Morgan fingerprint density at radius 2 is 1.91 bits per heavy atom. The van der Waals surface area contributed by atoms with Gasteiger partial charge in [-0.1, -0.05) is 0 Å². The van der Waals surface area contributed by atoms with Gasteiger partial charge in [0.15, 0.2) is 0 Å². The van der Waals surface area contributed by atoms with Crippen LogP contribution in [0.3, 0.4) is 0 Å². The number of likely N-dealkylation sites (tertiary alicyclic amines) is 1. The number of anilines is 1. The highest BCUT2D eigenvalue weighted by atomic mass is 16.3. The summed E-state index contributed by atoms with van der Waals surface area (Å²) in [4.78, 5) is 25.2. The summed E-state index contributed by atoms with van der Waals surface area (Å²) >= 11 is 0. The number of amides is 1. The molecule has 2 N–H and O–H groups in total. The van der Waals surface area contributed by atoms with Crippen molar-refractivity contribution in [2.75, 3.05) is 38.1 Å². The number of nitrogens with one attached hydrogen (secondary N) is 1. The van der Waals surface area contributed by atoms with Crippen molar-refractivity contribution >= 4 is 11.9 Å². The Morgan fingerprint density at radius 1 is 1.22 bits per heavy atom. The predicted molar refractivity (Wildman–Crippen MR) is 87.0 cm³/mol. The number of rotatable bonds is 3. The number of hydrogen-bond acceptors (Lipinski definition) is 6. The van der Waals surface area contributed by atoms with Crippen molar-refractivity contribution in [1.82, 2.24) is 20.2 Å². The number of carbonyl (C=O) groups excluding carboxylic acids is 1. The molecule has 3 heterocycles. The maximum atomic E-state index is 12.4. The van der Waals surface area contributed by atoms with Crippen molar-refractivity contribution in [3.8, 4) is 0 Å². The van der Waals surface area contributed by atoms with E-state index in [4.69, 9.17) is 0 Å². The summed E-state index contributed by atoms with van der Waals surface area (Å²) in [5.74, 6) is 0.421. The number of aromatic nitrogens is 2. The third-order valence-electron chi connectivity index (χ3n) is 4.79. The zero-order valence-electron chi connectivity index (χ0n) is 13.6. The SMILES string of the molecule is CN1CC[C@@H](O)[C@H](C(=O)NC2CCN(c3ncccn3)CC2)C1. The van der Waals surface area contributed by atoms with Gasteiger partial charge in [0.25, 0.3) is 0 Å². The van der Waals surface area contributed by atoms with Crippen LogP contribution in [-0.2, 0) is 4.79 Å². The lowest BCUT2D eigenvalue weighted by atomic mass is 9.93. The van der Waals surface area contributed by atoms with E-state index in [1.807, 2.05) is 13.1 Å². The van der Waals surface area contributed by atoms with Crippen molar-refractivity contribution < 1.29 is 9.90 Å². The molecule has 7 nitrogen and oxygen atoms in total. The first kappa shape index (κ1) is 16.1. The zero-order valence-corrected chi connectivity index (χ0v) is 13.6. The monoisotopic (exact) mass is 319 g/mol. The minimum Gasteiger partial charge on any atom is -0.392 e. The van der Waals surface area contributed by atoms with E-state index in [1.165, 1.54) is 0 Å². The molecule has 2 aliphatic rings. The van der Waals surface area contributed by atoms with Crippen LogP contribution in [0.4, 0.5) is 5.95 Å². The third kappa shape index (κ3) is 3.97. The molecule has 2 fully saturated rings. The van der Waals surface area contributed by atoms with Crippen LogP contribution in [0.1, 0.15) is 19.3 Å². The lowest BCUT2D eigenvalue weighted by molar-refractivity contribution is -0.132. The molecule has 2 saturated heterocycles. The molecule has 23 heavy (non-hydrogen) atoms. The Bertz CT molecular complexity index is 518. The molecule has 0 bridgehead atoms. The Kier molecular flexibility index (Phi) is 5.07. The zero-order chi connectivity index (χ0) is 16.2. The summed E-state index contributed by atoms with van der Waals surface area (Å²) in [7, 11) is 1.99. The van der Waals surface area contributed by atoms with Gasteiger partial charge in [-0.3, -0.25) is 4.79 Å². The van der Waals surface area contributed by atoms with Crippen molar-refractivity contribution in [2.24, 2.45) is 5.92 Å². The molecule has 0 saturated carbocycles. The molecular weight excluding hydrogens is 294 g/mol. The van der Waals surface area contributed by atoms with E-state index in [0.29, 0.717) is 13.0 Å². The Morgan fingerprint density at radius 3 is 2.61 bits per heavy atom. The standard InChI is InChI=1S/C16H25N5O2/c1-20-8-5-14(22)13(11-20)15(23)19-12-3-9-21(10-4-12)16-17-6-2-7-18-16/h2,6-7,12-14,22H,3-5,8-11H2,1H3,(H,19,23)/t13-,14-/m1/s1. The number of carbonyl (C=O) groups is 1. The first-order valence-electron chi connectivity index (χ1n) is 8.32. The highest BCUT2D eigenvalue weighted by Gasteiger charge is 2.33. The summed E-state index contributed by atoms with van der Waals surface area (Å²) < 4.78 is 0. The molecule has 0 aromatic carbocycles. The molecule has 0 aliphatic carbocycles. The second-order valence-electron chi connectivity index (χ2n) is 6.54. The van der Waals surface area contributed by atoms with Crippen LogP contribution in [0.25, 0.3) is 0 Å². The lowest BCUT2D eigenvalue weighted by Gasteiger charge is -2.36. The van der Waals surface area contributed by atoms with Gasteiger partial charge in [0.2, 0.25) is 11.9 Å². The fourth-order valence-corrected chi connectivity index (χ4v) is 3.35. The average molecular weight is 319 g/mol. The van der Waals surface area contributed by atoms with E-state index in [0.717, 1.165) is 38.4 Å². The van der Waals surface area contributed by atoms with Gasteiger partial charge in [-0.15, -0.1) is 0 Å². The van der Waals surface area contributed by atoms with Crippen molar-refractivity contribution in [3.63, 3.8) is 0 Å². The van der Waals surface area contributed by atoms with E-state index < -0.39 is 6.10 Å². The van der Waals surface area contributed by atoms with Gasteiger partial charge in [0.05, 0.1) is 12.0 Å². The topological polar surface area (TPSA) is 81.6 Å². The summed E-state index contributed by atoms with van der Waals surface area (Å²) in [6.45, 7) is 3.15. The largest absolute Gasteiger partial charge is 0.392 e. The van der Waals surface area contributed by atoms with Crippen LogP contribution in [0.2, 0.25) is 0 Å². The molecule has 3 rings (SSSR count). The van der Waals surface area contributed by atoms with Crippen LogP contribution in [0, 0.1) is 5.92 Å². The first-order chi connectivity index (χ1) is 11.1. The number of aliphatic hydroxyl groups is 1. The highest BCUT2D eigenvalue weighted by molar-refractivity contribution is 5.80. The lowest BCUT2D eigenvalue weighted by Crippen LogP contribution is -2.52. The quantitative estimate of drug-likeness (QED) is 0.808. The summed E-state index contributed by atoms with van der Waals surface area (Å²) in [5, 5.41) is 13.2. The minimum atomic E-state index is -0.524. The first-order valence-corrected chi connectivity index (χ1v) is 8.32. The molecule has 1 amide bonds. The van der Waals surface area contributed by atoms with Crippen molar-refractivity contribution in [3.05, 3.63) is 18.5 Å². The molecular formula is C16H25N5O2. The normalized spacial score (nSPS) is 27.0. The molecule has 0 unspecified atom stereocenters. The van der Waals surface area contributed by atoms with Crippen LogP contribution < -0.4 is 10.2 Å². The average Bonchev–Trinajstić information content (AvgIpc) is 2.58. The van der Waals surface area contributed by atoms with Gasteiger partial charge in [-0.25, -0.2) is 9.97 Å². The van der Waals surface area contributed by atoms with Gasteiger partial charge in [-0.05, 0) is 32.4 Å². The van der Waals surface area contributed by atoms with Gasteiger partial charge >= 0.3 is 0 Å². The summed E-state index contributed by atoms with van der Waals surface area (Å²) in [5.41, 5.74) is 0. The number of nitrogens with zero attached hydrogens (tertiary/aromatic N) is 4. The van der Waals surface area contributed by atoms with Crippen LogP contribution in [0.15, 0.2) is 18.5 Å². The molecule has 2 aliphatic heterocycles. The smallest absolute Gasteiger partial charge is 0.227 e. The Labute approximate surface area is 136 Å². The summed E-state index contributed by atoms with van der Waals surface area (Å²) in [6, 6.07) is 1.98. The summed E-state index contributed by atoms with van der Waals surface area (Å²) in [6.07, 6.45) is 5.39. The molecule has 1 aromatic rings. The van der Waals surface area contributed by atoms with E-state index in [-0.39, 0.29) is 17.9 Å². The highest BCUT2D eigenvalue weighted by Crippen LogP contribution is 2.19. The molecule has 0 radical (unpaired) electrons. The van der Waals surface area contributed by atoms with Gasteiger partial charge in [0, 0.05) is 44.6 Å². The van der Waals surface area contributed by atoms with E-state index >= 15 is 0 Å². The maximum Gasteiger partial charge on any atom is 0.227 e. The number of piperidine rings is 2. The molecule has 1 aromatic heterocycles. The van der Waals surface area contributed by atoms with E-state index in [1.54, 1.807) is 12.4 Å². The number of aliphatic hydroxyl groups excluding tert-OH is 1. The van der Waals surface area contributed by atoms with Crippen LogP contribution in [-0.4, -0.2) is 71.3 Å². The van der Waals surface area contributed by atoms with Crippen LogP contribution in [0.5, 0.6) is 0 Å². The second kappa shape index (κ2) is 7.23. The minimum absolute atomic E-state index is 0.0153. The molecule has 7 heteroatoms. The Hall–Kier alpha value is -1.73. The predicted octanol–water partition coefficient (Wildman–Crippen LogP) is -0.126. The maximum absolute atomic E-state index is 12.4. The van der Waals surface area contributed by atoms with Crippen molar-refractivity contribution in [2.45, 2.75) is 31.4 Å². The number of hydrogen-bond donors (Lipinski definition) is 2. The molecule has 2 atom stereocenters. The van der Waals surface area contributed by atoms with E-state index in [2.05, 4.69) is 25.1 Å². The van der Waals surface area contributed by atoms with Gasteiger partial charge in [-0.2, -0.15) is 0 Å². The van der Waals surface area contributed by atoms with Gasteiger partial charge < -0.3 is 20.2 Å². The van der Waals surface area contributed by atoms with Crippen molar-refractivity contribution in [1.29, 1.82) is 0 Å². The fraction of sp³-hybridized carbons (Fsp3) is 0.688. The van der Waals surface area contributed by atoms with Gasteiger partial charge in [0.1, 0.15) is 0 Å². The van der Waals surface area contributed by atoms with E-state index in [9.17, 15) is 9.90 Å². The Balaban J connectivity index is 1.49. The molecule has 0 spiro atoms. The van der Waals surface area contributed by atoms with Crippen LogP contribution >= 0.6 is 0 Å². The molecule has 126 valence electrons. The second-order valence-corrected chi connectivity index (χ2v) is 6.54. The third-order valence-corrected chi connectivity index (χ3v) is 4.79. The fourth-order valence-electron chi connectivity index (χ4n) is 3.35.